The van der Waals surface area contributed by atoms with Crippen LogP contribution in [0.1, 0.15) is 12.5 Å². The summed E-state index contributed by atoms with van der Waals surface area (Å²) in [7, 11) is 1.61. The van der Waals surface area contributed by atoms with Gasteiger partial charge in [-0.1, -0.05) is 19.1 Å². The van der Waals surface area contributed by atoms with E-state index in [2.05, 4.69) is 12.3 Å². The molecule has 0 amide bonds. The molecule has 0 heterocycles. The first kappa shape index (κ1) is 13.1. The predicted octanol–water partition coefficient (Wildman–Crippen LogP) is 3.70. The van der Waals surface area contributed by atoms with E-state index < -0.39 is 0 Å². The zero-order valence-corrected chi connectivity index (χ0v) is 11.1. The predicted molar refractivity (Wildman–Crippen MR) is 75.7 cm³/mol. The van der Waals surface area contributed by atoms with E-state index in [1.54, 1.807) is 31.4 Å². The van der Waals surface area contributed by atoms with Gasteiger partial charge in [-0.05, 0) is 36.2 Å². The minimum Gasteiger partial charge on any atom is -0.497 e. The molecular weight excluding hydrogens is 240 g/mol. The molecule has 0 spiro atoms. The molecule has 2 aromatic rings. The lowest BCUT2D eigenvalue weighted by atomic mass is 10.1. The van der Waals surface area contributed by atoms with Crippen molar-refractivity contribution < 1.29 is 9.61 Å². The lowest BCUT2D eigenvalue weighted by Gasteiger charge is -2.01. The van der Waals surface area contributed by atoms with Crippen LogP contribution in [-0.4, -0.2) is 12.0 Å². The fourth-order valence-corrected chi connectivity index (χ4v) is 1.71. The summed E-state index contributed by atoms with van der Waals surface area (Å²) in [5.41, 5.74) is 5.27. The molecular formula is C15H17N2O2+. The van der Waals surface area contributed by atoms with Crippen molar-refractivity contribution in [1.82, 2.24) is 0 Å². The van der Waals surface area contributed by atoms with Crippen LogP contribution >= 0.6 is 0 Å². The largest absolute Gasteiger partial charge is 0.497 e. The van der Waals surface area contributed by atoms with Crippen molar-refractivity contribution in [2.45, 2.75) is 13.3 Å². The van der Waals surface area contributed by atoms with Crippen LogP contribution in [0, 0.1) is 4.91 Å². The molecule has 4 heteroatoms. The number of benzene rings is 2. The zero-order valence-electron chi connectivity index (χ0n) is 11.1. The number of nitrogens with zero attached hydrogens (tertiary/aromatic N) is 1. The van der Waals surface area contributed by atoms with E-state index in [1.165, 1.54) is 5.56 Å². The van der Waals surface area contributed by atoms with Crippen molar-refractivity contribution >= 4 is 11.4 Å². The second kappa shape index (κ2) is 6.00. The van der Waals surface area contributed by atoms with Crippen LogP contribution in [-0.2, 0) is 6.42 Å². The number of anilines is 1. The number of hydrogen-bond acceptors (Lipinski definition) is 2. The molecule has 4 nitrogen and oxygen atoms in total. The molecule has 0 unspecified atom stereocenters. The molecule has 0 saturated heterocycles. The number of rotatable bonds is 5. The summed E-state index contributed by atoms with van der Waals surface area (Å²) in [5.74, 6) is 0.760. The molecule has 0 atom stereocenters. The maximum Gasteiger partial charge on any atom is 0.292 e. The highest BCUT2D eigenvalue weighted by Gasteiger charge is 2.13. The molecule has 2 rings (SSSR count). The van der Waals surface area contributed by atoms with Crippen molar-refractivity contribution in [3.8, 4) is 5.75 Å². The van der Waals surface area contributed by atoms with Gasteiger partial charge in [-0.3, -0.25) is 0 Å². The highest BCUT2D eigenvalue weighted by atomic mass is 16.5. The number of aryl methyl sites for hydroxylation is 1. The molecule has 0 radical (unpaired) electrons. The Labute approximate surface area is 112 Å². The van der Waals surface area contributed by atoms with Gasteiger partial charge in [-0.15, -0.1) is 5.43 Å². The molecule has 0 saturated carbocycles. The standard InChI is InChI=1S/C15H17N2O2/c1-3-12-4-8-14(9-5-12)17(18)16-13-6-10-15(19-2)11-7-13/h4-11H,3H2,1-2H3,(H,16,18)/q+1. The number of nitrogens with one attached hydrogen (secondary N) is 1. The molecule has 0 aromatic heterocycles. The van der Waals surface area contributed by atoms with Gasteiger partial charge in [0.2, 0.25) is 0 Å². The Morgan fingerprint density at radius 2 is 1.68 bits per heavy atom. The molecule has 19 heavy (non-hydrogen) atoms. The van der Waals surface area contributed by atoms with E-state index in [9.17, 15) is 4.91 Å². The highest BCUT2D eigenvalue weighted by molar-refractivity contribution is 5.45. The van der Waals surface area contributed by atoms with Crippen molar-refractivity contribution in [2.75, 3.05) is 12.5 Å². The van der Waals surface area contributed by atoms with Gasteiger partial charge in [0, 0.05) is 12.1 Å². The van der Waals surface area contributed by atoms with Crippen molar-refractivity contribution in [1.29, 1.82) is 0 Å². The minimum absolute atomic E-state index is 0.577. The summed E-state index contributed by atoms with van der Waals surface area (Å²) >= 11 is 0. The van der Waals surface area contributed by atoms with Gasteiger partial charge in [-0.25, -0.2) is 0 Å². The summed E-state index contributed by atoms with van der Waals surface area (Å²) in [6, 6.07) is 14.7. The SMILES string of the molecule is CCc1ccc([N+](=O)Nc2ccc(OC)cc2)cc1. The van der Waals surface area contributed by atoms with Crippen molar-refractivity contribution in [3.63, 3.8) is 0 Å². The Hall–Kier alpha value is -2.36. The van der Waals surface area contributed by atoms with Crippen LogP contribution in [0.15, 0.2) is 48.5 Å². The first-order chi connectivity index (χ1) is 9.22. The smallest absolute Gasteiger partial charge is 0.292 e. The van der Waals surface area contributed by atoms with Gasteiger partial charge in [0.05, 0.1) is 12.0 Å². The van der Waals surface area contributed by atoms with Crippen LogP contribution in [0.2, 0.25) is 0 Å². The van der Waals surface area contributed by atoms with Crippen LogP contribution < -0.4 is 10.2 Å². The first-order valence-electron chi connectivity index (χ1n) is 6.20. The number of methoxy groups -OCH3 is 1. The van der Waals surface area contributed by atoms with Crippen LogP contribution in [0.25, 0.3) is 0 Å². The summed E-state index contributed by atoms with van der Waals surface area (Å²) in [6.45, 7) is 2.08. The maximum atomic E-state index is 11.9. The minimum atomic E-state index is 0.577. The summed E-state index contributed by atoms with van der Waals surface area (Å²) < 4.78 is 5.06. The third kappa shape index (κ3) is 3.31. The third-order valence-electron chi connectivity index (χ3n) is 2.90. The normalized spacial score (nSPS) is 10.0. The van der Waals surface area contributed by atoms with Gasteiger partial charge < -0.3 is 4.74 Å². The fourth-order valence-electron chi connectivity index (χ4n) is 1.71. The van der Waals surface area contributed by atoms with Crippen LogP contribution in [0.5, 0.6) is 5.75 Å². The zero-order chi connectivity index (χ0) is 13.7. The quantitative estimate of drug-likeness (QED) is 0.656. The van der Waals surface area contributed by atoms with Gasteiger partial charge in [0.25, 0.3) is 5.69 Å². The monoisotopic (exact) mass is 257 g/mol. The number of nitroso groups, excluding NO2 is 1. The summed E-state index contributed by atoms with van der Waals surface area (Å²) in [6.07, 6.45) is 0.963. The van der Waals surface area contributed by atoms with Gasteiger partial charge >= 0.3 is 0 Å². The molecule has 0 bridgehead atoms. The molecule has 0 aliphatic heterocycles. The molecule has 1 N–H and O–H groups in total. The van der Waals surface area contributed by atoms with Gasteiger partial charge in [0.15, 0.2) is 4.87 Å². The van der Waals surface area contributed by atoms with Crippen LogP contribution in [0.4, 0.5) is 11.4 Å². The van der Waals surface area contributed by atoms with E-state index in [0.717, 1.165) is 22.7 Å². The molecule has 0 aliphatic carbocycles. The Bertz CT molecular complexity index is 547. The van der Waals surface area contributed by atoms with E-state index in [0.29, 0.717) is 5.69 Å². The second-order valence-electron chi connectivity index (χ2n) is 4.15. The Balaban J connectivity index is 2.06. The Morgan fingerprint density at radius 3 is 2.21 bits per heavy atom. The van der Waals surface area contributed by atoms with E-state index in [1.807, 2.05) is 24.3 Å². The summed E-state index contributed by atoms with van der Waals surface area (Å²) in [5, 5.41) is 0. The van der Waals surface area contributed by atoms with E-state index >= 15 is 0 Å². The first-order valence-corrected chi connectivity index (χ1v) is 6.20. The Kier molecular flexibility index (Phi) is 4.13. The molecule has 98 valence electrons. The van der Waals surface area contributed by atoms with Crippen LogP contribution in [0.3, 0.4) is 0 Å². The molecule has 2 aromatic carbocycles. The third-order valence-corrected chi connectivity index (χ3v) is 2.90. The Morgan fingerprint density at radius 1 is 1.05 bits per heavy atom. The average molecular weight is 257 g/mol. The number of hydrazine groups is 1. The van der Waals surface area contributed by atoms with Gasteiger partial charge in [0.1, 0.15) is 11.4 Å². The van der Waals surface area contributed by atoms with Crippen molar-refractivity contribution in [2.24, 2.45) is 0 Å². The molecule has 0 fully saturated rings. The topological polar surface area (TPSA) is 41.3 Å². The second-order valence-corrected chi connectivity index (χ2v) is 4.15. The maximum absolute atomic E-state index is 11.9. The summed E-state index contributed by atoms with van der Waals surface area (Å²) in [4.78, 5) is 12.7. The molecule has 0 aliphatic rings. The lowest BCUT2D eigenvalue weighted by molar-refractivity contribution is -0.427. The fraction of sp³-hybridized carbons (Fsp3) is 0.200. The lowest BCUT2D eigenvalue weighted by Crippen LogP contribution is -2.10. The average Bonchev–Trinajstić information content (AvgIpc) is 2.48. The highest BCUT2D eigenvalue weighted by Crippen LogP contribution is 2.18. The number of hydrogen-bond donors (Lipinski definition) is 1. The van der Waals surface area contributed by atoms with Gasteiger partial charge in [-0.2, -0.15) is 0 Å². The van der Waals surface area contributed by atoms with E-state index in [-0.39, 0.29) is 0 Å². The van der Waals surface area contributed by atoms with Crippen molar-refractivity contribution in [3.05, 3.63) is 59.0 Å². The van der Waals surface area contributed by atoms with E-state index in [4.69, 9.17) is 4.74 Å². The number of ether oxygens (including phenoxy) is 1.